The smallest absolute Gasteiger partial charge is 0.326 e. The van der Waals surface area contributed by atoms with Gasteiger partial charge in [0.1, 0.15) is 6.04 Å². The van der Waals surface area contributed by atoms with Crippen molar-refractivity contribution in [3.05, 3.63) is 33.3 Å². The predicted molar refractivity (Wildman–Crippen MR) is 69.7 cm³/mol. The number of hydrogen-bond donors (Lipinski definition) is 3. The van der Waals surface area contributed by atoms with Crippen LogP contribution in [0.4, 0.5) is 0 Å². The molecule has 0 saturated carbocycles. The van der Waals surface area contributed by atoms with Gasteiger partial charge >= 0.3 is 5.97 Å². The second-order valence-corrected chi connectivity index (χ2v) is 4.79. The maximum absolute atomic E-state index is 11.9. The molecule has 1 rings (SSSR count). The van der Waals surface area contributed by atoms with Crippen LogP contribution in [0.5, 0.6) is 0 Å². The van der Waals surface area contributed by atoms with Crippen LogP contribution in [0.2, 0.25) is 5.02 Å². The molecule has 0 aromatic heterocycles. The zero-order valence-corrected chi connectivity index (χ0v) is 11.5. The molecule has 18 heavy (non-hydrogen) atoms. The highest BCUT2D eigenvalue weighted by Gasteiger charge is 2.21. The van der Waals surface area contributed by atoms with Crippen LogP contribution in [-0.2, 0) is 4.79 Å². The lowest BCUT2D eigenvalue weighted by atomic mass is 10.1. The van der Waals surface area contributed by atoms with E-state index in [1.54, 1.807) is 12.1 Å². The van der Waals surface area contributed by atoms with Crippen LogP contribution in [0.15, 0.2) is 22.7 Å². The number of carboxylic acids is 1. The first-order chi connectivity index (χ1) is 8.45. The Labute approximate surface area is 117 Å². The molecule has 3 N–H and O–H groups in total. The number of hydrogen-bond acceptors (Lipinski definition) is 3. The normalized spacial score (nSPS) is 11.9. The molecular formula is C11H11BrClNO4. The predicted octanol–water partition coefficient (Wildman–Crippen LogP) is 1.67. The molecule has 1 atom stereocenters. The highest BCUT2D eigenvalue weighted by atomic mass is 79.9. The first-order valence-electron chi connectivity index (χ1n) is 5.05. The standard InChI is InChI=1S/C11H11BrClNO4/c12-8-2-1-6(13)5-7(8)10(16)14-9(3-4-15)11(17)18/h1-2,5,9,15H,3-4H2,(H,14,16)(H,17,18). The molecule has 5 nitrogen and oxygen atoms in total. The summed E-state index contributed by atoms with van der Waals surface area (Å²) < 4.78 is 0.512. The summed E-state index contributed by atoms with van der Waals surface area (Å²) in [5.74, 6) is -1.76. The number of halogens is 2. The lowest BCUT2D eigenvalue weighted by Crippen LogP contribution is -2.41. The highest BCUT2D eigenvalue weighted by Crippen LogP contribution is 2.21. The van der Waals surface area contributed by atoms with E-state index in [0.717, 1.165) is 0 Å². The summed E-state index contributed by atoms with van der Waals surface area (Å²) in [4.78, 5) is 22.7. The first kappa shape index (κ1) is 14.9. The summed E-state index contributed by atoms with van der Waals surface area (Å²) in [5, 5.41) is 20.3. The number of rotatable bonds is 5. The number of aliphatic carboxylic acids is 1. The van der Waals surface area contributed by atoms with Crippen LogP contribution in [0.3, 0.4) is 0 Å². The van der Waals surface area contributed by atoms with Gasteiger partial charge in [-0.05, 0) is 34.1 Å². The van der Waals surface area contributed by atoms with Gasteiger partial charge in [0.05, 0.1) is 5.56 Å². The molecule has 1 unspecified atom stereocenters. The van der Waals surface area contributed by atoms with E-state index < -0.39 is 17.9 Å². The van der Waals surface area contributed by atoms with Crippen LogP contribution in [0.25, 0.3) is 0 Å². The Morgan fingerprint density at radius 3 is 2.67 bits per heavy atom. The van der Waals surface area contributed by atoms with E-state index in [4.69, 9.17) is 21.8 Å². The van der Waals surface area contributed by atoms with Gasteiger partial charge in [-0.2, -0.15) is 0 Å². The fraction of sp³-hybridized carbons (Fsp3) is 0.273. The summed E-state index contributed by atoms with van der Waals surface area (Å²) >= 11 is 8.94. The third kappa shape index (κ3) is 3.97. The summed E-state index contributed by atoms with van der Waals surface area (Å²) in [6.45, 7) is -0.325. The number of amides is 1. The molecule has 7 heteroatoms. The molecule has 0 radical (unpaired) electrons. The van der Waals surface area contributed by atoms with Gasteiger partial charge in [-0.25, -0.2) is 4.79 Å². The van der Waals surface area contributed by atoms with Crippen LogP contribution in [-0.4, -0.2) is 34.7 Å². The van der Waals surface area contributed by atoms with E-state index in [0.29, 0.717) is 9.50 Å². The summed E-state index contributed by atoms with van der Waals surface area (Å²) in [7, 11) is 0. The molecule has 0 saturated heterocycles. The number of carbonyl (C=O) groups is 2. The number of carboxylic acid groups (broad SMARTS) is 1. The van der Waals surface area contributed by atoms with E-state index >= 15 is 0 Å². The maximum atomic E-state index is 11.9. The second-order valence-electron chi connectivity index (χ2n) is 3.50. The number of aliphatic hydroxyl groups is 1. The van der Waals surface area contributed by atoms with E-state index in [-0.39, 0.29) is 18.6 Å². The lowest BCUT2D eigenvalue weighted by molar-refractivity contribution is -0.139. The van der Waals surface area contributed by atoms with E-state index in [1.165, 1.54) is 6.07 Å². The molecule has 1 aromatic rings. The fourth-order valence-electron chi connectivity index (χ4n) is 1.29. The molecule has 1 aromatic carbocycles. The number of aliphatic hydroxyl groups excluding tert-OH is 1. The van der Waals surface area contributed by atoms with Gasteiger partial charge in [0.25, 0.3) is 5.91 Å². The average Bonchev–Trinajstić information content (AvgIpc) is 2.31. The van der Waals surface area contributed by atoms with Crippen molar-refractivity contribution in [2.24, 2.45) is 0 Å². The SMILES string of the molecule is O=C(NC(CCO)C(=O)O)c1cc(Cl)ccc1Br. The Morgan fingerprint density at radius 1 is 1.44 bits per heavy atom. The maximum Gasteiger partial charge on any atom is 0.326 e. The Bertz CT molecular complexity index is 466. The first-order valence-corrected chi connectivity index (χ1v) is 6.22. The molecule has 0 aliphatic heterocycles. The highest BCUT2D eigenvalue weighted by molar-refractivity contribution is 9.10. The largest absolute Gasteiger partial charge is 0.480 e. The Balaban J connectivity index is 2.86. The quantitative estimate of drug-likeness (QED) is 0.763. The third-order valence-electron chi connectivity index (χ3n) is 2.19. The summed E-state index contributed by atoms with van der Waals surface area (Å²) in [6.07, 6.45) is -0.0563. The van der Waals surface area contributed by atoms with Crippen molar-refractivity contribution in [2.45, 2.75) is 12.5 Å². The van der Waals surface area contributed by atoms with Crippen molar-refractivity contribution in [2.75, 3.05) is 6.61 Å². The van der Waals surface area contributed by atoms with Crippen molar-refractivity contribution in [3.63, 3.8) is 0 Å². The van der Waals surface area contributed by atoms with Crippen molar-refractivity contribution >= 4 is 39.4 Å². The van der Waals surface area contributed by atoms with Crippen molar-refractivity contribution in [1.29, 1.82) is 0 Å². The van der Waals surface area contributed by atoms with Crippen molar-refractivity contribution < 1.29 is 19.8 Å². The van der Waals surface area contributed by atoms with E-state index in [2.05, 4.69) is 21.2 Å². The van der Waals surface area contributed by atoms with Gasteiger partial charge < -0.3 is 15.5 Å². The van der Waals surface area contributed by atoms with Gasteiger partial charge in [-0.3, -0.25) is 4.79 Å². The Kier molecular flexibility index (Phi) is 5.58. The zero-order valence-electron chi connectivity index (χ0n) is 9.19. The van der Waals surface area contributed by atoms with Gasteiger partial charge in [-0.1, -0.05) is 11.6 Å². The zero-order chi connectivity index (χ0) is 13.7. The van der Waals surface area contributed by atoms with Crippen LogP contribution >= 0.6 is 27.5 Å². The summed E-state index contributed by atoms with van der Waals surface area (Å²) in [5.41, 5.74) is 0.242. The van der Waals surface area contributed by atoms with Gasteiger partial charge in [-0.15, -0.1) is 0 Å². The van der Waals surface area contributed by atoms with Gasteiger partial charge in [0.15, 0.2) is 0 Å². The van der Waals surface area contributed by atoms with Crippen molar-refractivity contribution in [3.8, 4) is 0 Å². The molecule has 0 aliphatic carbocycles. The molecule has 0 heterocycles. The molecule has 98 valence electrons. The third-order valence-corrected chi connectivity index (χ3v) is 3.12. The molecule has 0 bridgehead atoms. The van der Waals surface area contributed by atoms with Crippen LogP contribution in [0, 0.1) is 0 Å². The second kappa shape index (κ2) is 6.72. The van der Waals surface area contributed by atoms with Crippen LogP contribution < -0.4 is 5.32 Å². The topological polar surface area (TPSA) is 86.6 Å². The van der Waals surface area contributed by atoms with Gasteiger partial charge in [0.2, 0.25) is 0 Å². The number of carbonyl (C=O) groups excluding carboxylic acids is 1. The minimum Gasteiger partial charge on any atom is -0.480 e. The van der Waals surface area contributed by atoms with Crippen molar-refractivity contribution in [1.82, 2.24) is 5.32 Å². The van der Waals surface area contributed by atoms with Crippen LogP contribution in [0.1, 0.15) is 16.8 Å². The lowest BCUT2D eigenvalue weighted by Gasteiger charge is -2.14. The van der Waals surface area contributed by atoms with E-state index in [9.17, 15) is 9.59 Å². The number of benzene rings is 1. The Morgan fingerprint density at radius 2 is 2.11 bits per heavy atom. The monoisotopic (exact) mass is 335 g/mol. The molecule has 1 amide bonds. The molecule has 0 spiro atoms. The average molecular weight is 337 g/mol. The molecular weight excluding hydrogens is 325 g/mol. The Hall–Kier alpha value is -1.11. The molecule has 0 fully saturated rings. The summed E-state index contributed by atoms with van der Waals surface area (Å²) in [6, 6.07) is 3.50. The van der Waals surface area contributed by atoms with Gasteiger partial charge in [0, 0.05) is 22.5 Å². The number of nitrogens with one attached hydrogen (secondary N) is 1. The van der Waals surface area contributed by atoms with E-state index in [1.807, 2.05) is 0 Å². The fourth-order valence-corrected chi connectivity index (χ4v) is 1.89. The molecule has 0 aliphatic rings. The minimum absolute atomic E-state index is 0.0563. The minimum atomic E-state index is -1.20.